The number of ketones is 1. The molecule has 1 unspecified atom stereocenters. The molecule has 172 valence electrons. The van der Waals surface area contributed by atoms with E-state index in [4.69, 9.17) is 4.74 Å². The summed E-state index contributed by atoms with van der Waals surface area (Å²) in [6, 6.07) is 16.1. The first-order chi connectivity index (χ1) is 16.4. The Morgan fingerprint density at radius 1 is 1.06 bits per heavy atom. The summed E-state index contributed by atoms with van der Waals surface area (Å²) >= 11 is 0. The molecule has 1 amide bonds. The Bertz CT molecular complexity index is 1310. The molecule has 1 fully saturated rings. The van der Waals surface area contributed by atoms with E-state index in [0.717, 1.165) is 24.2 Å². The molecule has 3 aromatic rings. The first-order valence-electron chi connectivity index (χ1n) is 11.0. The molecule has 2 N–H and O–H groups in total. The second-order valence-electron chi connectivity index (χ2n) is 8.42. The highest BCUT2D eigenvalue weighted by Crippen LogP contribution is 2.41. The molecular formula is C27H22FNO5. The van der Waals surface area contributed by atoms with E-state index in [-0.39, 0.29) is 23.6 Å². The molecule has 34 heavy (non-hydrogen) atoms. The number of halogens is 1. The summed E-state index contributed by atoms with van der Waals surface area (Å²) in [5, 5.41) is 21.3. The van der Waals surface area contributed by atoms with Crippen molar-refractivity contribution in [3.8, 4) is 11.5 Å². The van der Waals surface area contributed by atoms with Gasteiger partial charge < -0.3 is 19.8 Å². The average molecular weight is 459 g/mol. The van der Waals surface area contributed by atoms with Gasteiger partial charge in [-0.1, -0.05) is 24.3 Å². The summed E-state index contributed by atoms with van der Waals surface area (Å²) in [6.07, 6.45) is 1.63. The number of rotatable bonds is 4. The second kappa shape index (κ2) is 8.67. The highest BCUT2D eigenvalue weighted by atomic mass is 19.1. The van der Waals surface area contributed by atoms with Crippen molar-refractivity contribution in [3.63, 3.8) is 0 Å². The zero-order valence-corrected chi connectivity index (χ0v) is 18.2. The summed E-state index contributed by atoms with van der Waals surface area (Å²) in [6.45, 7) is 0.657. The lowest BCUT2D eigenvalue weighted by Crippen LogP contribution is -2.29. The number of ether oxygens (including phenoxy) is 1. The summed E-state index contributed by atoms with van der Waals surface area (Å²) < 4.78 is 19.0. The molecule has 7 heteroatoms. The number of aliphatic hydroxyl groups excluding tert-OH is 1. The van der Waals surface area contributed by atoms with Gasteiger partial charge in [0.1, 0.15) is 23.1 Å². The van der Waals surface area contributed by atoms with Crippen molar-refractivity contribution in [1.29, 1.82) is 0 Å². The number of hydrogen-bond acceptors (Lipinski definition) is 5. The lowest BCUT2D eigenvalue weighted by Gasteiger charge is -2.25. The van der Waals surface area contributed by atoms with Crippen molar-refractivity contribution in [2.75, 3.05) is 6.61 Å². The second-order valence-corrected chi connectivity index (χ2v) is 8.42. The minimum atomic E-state index is -0.926. The van der Waals surface area contributed by atoms with Crippen LogP contribution in [0.5, 0.6) is 11.5 Å². The normalized spacial score (nSPS) is 19.1. The zero-order chi connectivity index (χ0) is 23.8. The van der Waals surface area contributed by atoms with Crippen LogP contribution in [0.15, 0.2) is 72.3 Å². The number of hydrogen-bond donors (Lipinski definition) is 2. The zero-order valence-electron chi connectivity index (χ0n) is 18.2. The number of aliphatic hydroxyl groups is 1. The van der Waals surface area contributed by atoms with Crippen LogP contribution in [0.4, 0.5) is 4.39 Å². The summed E-state index contributed by atoms with van der Waals surface area (Å²) in [7, 11) is 0. The number of phenolic OH excluding ortho intramolecular Hbond substituents is 1. The van der Waals surface area contributed by atoms with Gasteiger partial charge in [0.05, 0.1) is 18.2 Å². The first kappa shape index (κ1) is 21.7. The van der Waals surface area contributed by atoms with Crippen LogP contribution in [0.2, 0.25) is 0 Å². The smallest absolute Gasteiger partial charge is 0.295 e. The summed E-state index contributed by atoms with van der Waals surface area (Å²) in [4.78, 5) is 27.6. The quantitative estimate of drug-likeness (QED) is 0.341. The van der Waals surface area contributed by atoms with E-state index in [0.29, 0.717) is 23.3 Å². The number of amides is 1. The fourth-order valence-electron chi connectivity index (χ4n) is 4.53. The molecule has 5 rings (SSSR count). The van der Waals surface area contributed by atoms with E-state index in [2.05, 4.69) is 0 Å². The maximum Gasteiger partial charge on any atom is 0.295 e. The van der Waals surface area contributed by atoms with Crippen LogP contribution in [0.1, 0.15) is 34.7 Å². The predicted molar refractivity (Wildman–Crippen MR) is 123 cm³/mol. The van der Waals surface area contributed by atoms with Crippen LogP contribution in [0, 0.1) is 5.82 Å². The number of fused-ring (bicyclic) bond motifs is 1. The summed E-state index contributed by atoms with van der Waals surface area (Å²) in [5.41, 5.74) is 2.37. The van der Waals surface area contributed by atoms with E-state index < -0.39 is 23.5 Å². The van der Waals surface area contributed by atoms with Gasteiger partial charge in [-0.15, -0.1) is 0 Å². The maximum absolute atomic E-state index is 13.4. The molecular weight excluding hydrogens is 437 g/mol. The Labute approximate surface area is 195 Å². The molecule has 2 aliphatic heterocycles. The lowest BCUT2D eigenvalue weighted by molar-refractivity contribution is -0.140. The van der Waals surface area contributed by atoms with Crippen molar-refractivity contribution in [1.82, 2.24) is 4.90 Å². The molecule has 0 radical (unpaired) electrons. The number of Topliss-reactive ketones (excluding diaryl/α,β-unsaturated/α-hetero) is 1. The van der Waals surface area contributed by atoms with Crippen LogP contribution < -0.4 is 4.74 Å². The Kier molecular flexibility index (Phi) is 5.53. The van der Waals surface area contributed by atoms with E-state index in [1.54, 1.807) is 30.3 Å². The Morgan fingerprint density at radius 3 is 2.62 bits per heavy atom. The third-order valence-corrected chi connectivity index (χ3v) is 6.17. The monoisotopic (exact) mass is 459 g/mol. The van der Waals surface area contributed by atoms with E-state index in [9.17, 15) is 24.2 Å². The number of likely N-dealkylation sites (tertiary alicyclic amines) is 1. The number of carbonyl (C=O) groups is 2. The van der Waals surface area contributed by atoms with Gasteiger partial charge in [-0.25, -0.2) is 4.39 Å². The van der Waals surface area contributed by atoms with Crippen LogP contribution in [0.3, 0.4) is 0 Å². The fraction of sp³-hybridized carbons (Fsp3) is 0.185. The SMILES string of the molecule is O=C1C(=O)N(Cc2ccc(F)cc2)C(c2cccc(O)c2)/C1=C(/O)c1ccc2c(c1)CCCO2. The average Bonchev–Trinajstić information content (AvgIpc) is 3.09. The number of carbonyl (C=O) groups excluding carboxylic acids is 2. The van der Waals surface area contributed by atoms with Gasteiger partial charge in [-0.05, 0) is 72.0 Å². The highest BCUT2D eigenvalue weighted by molar-refractivity contribution is 6.46. The Hall–Kier alpha value is -4.13. The van der Waals surface area contributed by atoms with Crippen molar-refractivity contribution < 1.29 is 28.9 Å². The van der Waals surface area contributed by atoms with Gasteiger partial charge in [0.15, 0.2) is 0 Å². The summed E-state index contributed by atoms with van der Waals surface area (Å²) in [5.74, 6) is -1.59. The number of aryl methyl sites for hydroxylation is 1. The topological polar surface area (TPSA) is 87.1 Å². The van der Waals surface area contributed by atoms with E-state index in [1.165, 1.54) is 41.3 Å². The predicted octanol–water partition coefficient (Wildman–Crippen LogP) is 4.48. The molecule has 0 aliphatic carbocycles. The van der Waals surface area contributed by atoms with Gasteiger partial charge in [-0.3, -0.25) is 9.59 Å². The van der Waals surface area contributed by atoms with Crippen LogP contribution >= 0.6 is 0 Å². The van der Waals surface area contributed by atoms with Crippen LogP contribution in [0.25, 0.3) is 5.76 Å². The first-order valence-corrected chi connectivity index (χ1v) is 11.0. The van der Waals surface area contributed by atoms with Crippen molar-refractivity contribution in [2.45, 2.75) is 25.4 Å². The molecule has 0 aromatic heterocycles. The van der Waals surface area contributed by atoms with Crippen molar-refractivity contribution >= 4 is 17.4 Å². The number of aromatic hydroxyl groups is 1. The highest BCUT2D eigenvalue weighted by Gasteiger charge is 2.46. The minimum absolute atomic E-state index is 0.0278. The Morgan fingerprint density at radius 2 is 1.85 bits per heavy atom. The van der Waals surface area contributed by atoms with Crippen molar-refractivity contribution in [2.24, 2.45) is 0 Å². The lowest BCUT2D eigenvalue weighted by atomic mass is 9.93. The number of phenols is 1. The maximum atomic E-state index is 13.4. The van der Waals surface area contributed by atoms with E-state index in [1.807, 2.05) is 0 Å². The molecule has 0 bridgehead atoms. The van der Waals surface area contributed by atoms with Gasteiger partial charge in [0, 0.05) is 12.1 Å². The molecule has 1 saturated heterocycles. The van der Waals surface area contributed by atoms with Crippen LogP contribution in [-0.2, 0) is 22.6 Å². The standard InChI is InChI=1S/C27H22FNO5/c28-20-9-6-16(7-10-20)15-29-24(18-3-1-5-21(30)14-18)23(26(32)27(29)33)25(31)19-8-11-22-17(13-19)4-2-12-34-22/h1,3,5-11,13-14,24,30-31H,2,4,12,15H2/b25-23-. The minimum Gasteiger partial charge on any atom is -0.508 e. The molecule has 0 saturated carbocycles. The van der Waals surface area contributed by atoms with Gasteiger partial charge >= 0.3 is 0 Å². The van der Waals surface area contributed by atoms with Crippen molar-refractivity contribution in [3.05, 3.63) is 100 Å². The third-order valence-electron chi connectivity index (χ3n) is 6.17. The Balaban J connectivity index is 1.63. The third kappa shape index (κ3) is 3.90. The number of benzene rings is 3. The molecule has 3 aromatic carbocycles. The largest absolute Gasteiger partial charge is 0.508 e. The van der Waals surface area contributed by atoms with Gasteiger partial charge in [-0.2, -0.15) is 0 Å². The molecule has 6 nitrogen and oxygen atoms in total. The molecule has 1 atom stereocenters. The number of nitrogens with zero attached hydrogens (tertiary/aromatic N) is 1. The van der Waals surface area contributed by atoms with Gasteiger partial charge in [0.2, 0.25) is 0 Å². The van der Waals surface area contributed by atoms with Crippen LogP contribution in [-0.4, -0.2) is 33.4 Å². The van der Waals surface area contributed by atoms with Gasteiger partial charge in [0.25, 0.3) is 11.7 Å². The molecule has 2 aliphatic rings. The molecule has 0 spiro atoms. The fourth-order valence-corrected chi connectivity index (χ4v) is 4.53. The van der Waals surface area contributed by atoms with E-state index >= 15 is 0 Å². The molecule has 2 heterocycles.